The van der Waals surface area contributed by atoms with Crippen molar-refractivity contribution in [3.8, 4) is 0 Å². The minimum absolute atomic E-state index is 0.230. The number of rotatable bonds is 6. The van der Waals surface area contributed by atoms with E-state index in [1.807, 2.05) is 24.8 Å². The van der Waals surface area contributed by atoms with Gasteiger partial charge in [-0.1, -0.05) is 6.92 Å². The molecular weight excluding hydrogens is 319 g/mol. The summed E-state index contributed by atoms with van der Waals surface area (Å²) in [5.74, 6) is 0.419. The fourth-order valence-corrected chi connectivity index (χ4v) is 3.71. The number of likely N-dealkylation sites (tertiary alicyclic amines) is 1. The lowest BCUT2D eigenvalue weighted by molar-refractivity contribution is -0.130. The molecule has 1 aromatic carbocycles. The van der Waals surface area contributed by atoms with Crippen LogP contribution in [0.25, 0.3) is 10.9 Å². The monoisotopic (exact) mass is 346 g/mol. The van der Waals surface area contributed by atoms with Crippen molar-refractivity contribution in [2.45, 2.75) is 39.0 Å². The van der Waals surface area contributed by atoms with Crippen LogP contribution in [0.5, 0.6) is 0 Å². The molecule has 1 amide bonds. The van der Waals surface area contributed by atoms with Crippen molar-refractivity contribution in [1.29, 1.82) is 0 Å². The largest absolute Gasteiger partial charge is 0.342 e. The number of benzene rings is 1. The number of hydrogen-bond acceptors (Lipinski definition) is 3. The Labute approximate surface area is 148 Å². The first-order chi connectivity index (χ1) is 12.1. The highest BCUT2D eigenvalue weighted by Crippen LogP contribution is 2.31. The Morgan fingerprint density at radius 1 is 1.36 bits per heavy atom. The molecule has 136 valence electrons. The number of aromatic amines is 1. The molecule has 0 aliphatic carbocycles. The number of piperidine rings is 1. The van der Waals surface area contributed by atoms with Gasteiger partial charge in [0.05, 0.1) is 5.52 Å². The Morgan fingerprint density at radius 3 is 2.80 bits per heavy atom. The molecule has 1 aliphatic rings. The molecule has 5 nitrogen and oxygen atoms in total. The Balaban J connectivity index is 1.55. The zero-order chi connectivity index (χ0) is 17.8. The van der Waals surface area contributed by atoms with Gasteiger partial charge in [0.15, 0.2) is 0 Å². The summed E-state index contributed by atoms with van der Waals surface area (Å²) in [6.07, 6.45) is 2.69. The first-order valence-electron chi connectivity index (χ1n) is 9.26. The number of carbonyl (C=O) groups excluding carboxylic acids is 1. The summed E-state index contributed by atoms with van der Waals surface area (Å²) in [6, 6.07) is 4.81. The van der Waals surface area contributed by atoms with Crippen molar-refractivity contribution in [2.75, 3.05) is 32.7 Å². The van der Waals surface area contributed by atoms with Gasteiger partial charge in [-0.15, -0.1) is 0 Å². The van der Waals surface area contributed by atoms with Crippen LogP contribution in [0.2, 0.25) is 0 Å². The van der Waals surface area contributed by atoms with Crippen molar-refractivity contribution < 1.29 is 9.18 Å². The summed E-state index contributed by atoms with van der Waals surface area (Å²) in [5, 5.41) is 8.40. The van der Waals surface area contributed by atoms with Crippen LogP contribution in [-0.2, 0) is 4.79 Å². The van der Waals surface area contributed by atoms with Crippen LogP contribution in [0.15, 0.2) is 18.2 Å². The number of carbonyl (C=O) groups is 1. The molecule has 1 aromatic heterocycles. The van der Waals surface area contributed by atoms with Crippen LogP contribution in [0.4, 0.5) is 4.39 Å². The molecule has 0 saturated carbocycles. The van der Waals surface area contributed by atoms with Crippen molar-refractivity contribution in [3.05, 3.63) is 29.7 Å². The molecule has 0 bridgehead atoms. The molecule has 0 atom stereocenters. The number of likely N-dealkylation sites (N-methyl/N-ethyl adjacent to an activating group) is 1. The van der Waals surface area contributed by atoms with E-state index in [4.69, 9.17) is 0 Å². The summed E-state index contributed by atoms with van der Waals surface area (Å²) in [5.41, 5.74) is 1.83. The molecular formula is C19H27FN4O. The van der Waals surface area contributed by atoms with E-state index in [2.05, 4.69) is 15.1 Å². The molecule has 1 fully saturated rings. The maximum Gasteiger partial charge on any atom is 0.222 e. The molecule has 2 aromatic rings. The van der Waals surface area contributed by atoms with Crippen molar-refractivity contribution >= 4 is 16.8 Å². The second kappa shape index (κ2) is 7.95. The maximum atomic E-state index is 13.3. The van der Waals surface area contributed by atoms with Gasteiger partial charge < -0.3 is 9.80 Å². The first-order valence-corrected chi connectivity index (χ1v) is 9.26. The summed E-state index contributed by atoms with van der Waals surface area (Å²) in [4.78, 5) is 16.2. The lowest BCUT2D eigenvalue weighted by atomic mass is 9.91. The number of nitrogens with one attached hydrogen (secondary N) is 1. The number of fused-ring (bicyclic) bond motifs is 1. The minimum Gasteiger partial charge on any atom is -0.342 e. The number of amides is 1. The molecule has 25 heavy (non-hydrogen) atoms. The summed E-state index contributed by atoms with van der Waals surface area (Å²) in [7, 11) is 0. The lowest BCUT2D eigenvalue weighted by Crippen LogP contribution is -2.41. The highest BCUT2D eigenvalue weighted by Gasteiger charge is 2.24. The lowest BCUT2D eigenvalue weighted by Gasteiger charge is -2.33. The maximum absolute atomic E-state index is 13.3. The molecule has 6 heteroatoms. The van der Waals surface area contributed by atoms with Crippen molar-refractivity contribution in [2.24, 2.45) is 0 Å². The fraction of sp³-hybridized carbons (Fsp3) is 0.579. The highest BCUT2D eigenvalue weighted by molar-refractivity contribution is 5.81. The smallest absolute Gasteiger partial charge is 0.222 e. The first kappa shape index (κ1) is 17.9. The molecule has 2 heterocycles. The van der Waals surface area contributed by atoms with Crippen LogP contribution in [0.3, 0.4) is 0 Å². The Morgan fingerprint density at radius 2 is 2.12 bits per heavy atom. The van der Waals surface area contributed by atoms with E-state index in [1.54, 1.807) is 0 Å². The van der Waals surface area contributed by atoms with Crippen LogP contribution in [0.1, 0.15) is 44.7 Å². The standard InChI is InChI=1S/C19H27FN4O/c1-3-18(25)24(4-2)12-11-23-9-7-14(8-10-23)19-16-6-5-15(20)13-17(16)21-22-19/h5-6,13-14H,3-4,7-12H2,1-2H3,(H,21,22). The summed E-state index contributed by atoms with van der Waals surface area (Å²) < 4.78 is 13.3. The highest BCUT2D eigenvalue weighted by atomic mass is 19.1. The van der Waals surface area contributed by atoms with E-state index in [0.29, 0.717) is 17.9 Å². The average Bonchev–Trinajstić information content (AvgIpc) is 3.05. The van der Waals surface area contributed by atoms with E-state index in [9.17, 15) is 9.18 Å². The number of hydrogen-bond donors (Lipinski definition) is 1. The van der Waals surface area contributed by atoms with Gasteiger partial charge in [0.1, 0.15) is 5.82 Å². The summed E-state index contributed by atoms with van der Waals surface area (Å²) in [6.45, 7) is 8.50. The van der Waals surface area contributed by atoms with Gasteiger partial charge in [0.2, 0.25) is 5.91 Å². The van der Waals surface area contributed by atoms with Crippen molar-refractivity contribution in [3.63, 3.8) is 0 Å². The molecule has 1 saturated heterocycles. The van der Waals surface area contributed by atoms with Gasteiger partial charge in [-0.2, -0.15) is 5.10 Å². The topological polar surface area (TPSA) is 52.2 Å². The van der Waals surface area contributed by atoms with Gasteiger partial charge in [-0.05, 0) is 45.0 Å². The van der Waals surface area contributed by atoms with Crippen LogP contribution in [-0.4, -0.2) is 58.6 Å². The van der Waals surface area contributed by atoms with Crippen LogP contribution < -0.4 is 0 Å². The zero-order valence-corrected chi connectivity index (χ0v) is 15.1. The molecule has 0 unspecified atom stereocenters. The fourth-order valence-electron chi connectivity index (χ4n) is 3.71. The minimum atomic E-state index is -0.248. The Kier molecular flexibility index (Phi) is 5.68. The van der Waals surface area contributed by atoms with Crippen LogP contribution in [0, 0.1) is 5.82 Å². The van der Waals surface area contributed by atoms with Gasteiger partial charge in [-0.3, -0.25) is 9.89 Å². The van der Waals surface area contributed by atoms with Gasteiger partial charge >= 0.3 is 0 Å². The number of nitrogens with zero attached hydrogens (tertiary/aromatic N) is 3. The molecule has 0 radical (unpaired) electrons. The van der Waals surface area contributed by atoms with E-state index in [1.165, 1.54) is 12.1 Å². The predicted octanol–water partition coefficient (Wildman–Crippen LogP) is 3.14. The van der Waals surface area contributed by atoms with Gasteiger partial charge in [0.25, 0.3) is 0 Å². The molecule has 0 spiro atoms. The Hall–Kier alpha value is -1.95. The average molecular weight is 346 g/mol. The third-order valence-electron chi connectivity index (χ3n) is 5.27. The van der Waals surface area contributed by atoms with E-state index < -0.39 is 0 Å². The van der Waals surface area contributed by atoms with E-state index in [0.717, 1.165) is 56.6 Å². The molecule has 1 aliphatic heterocycles. The third kappa shape index (κ3) is 4.00. The van der Waals surface area contributed by atoms with E-state index >= 15 is 0 Å². The SMILES string of the molecule is CCC(=O)N(CC)CCN1CCC(c2[nH]nc3cc(F)ccc23)CC1. The number of aromatic nitrogens is 2. The number of H-pyrrole nitrogens is 1. The second-order valence-electron chi connectivity index (χ2n) is 6.74. The zero-order valence-electron chi connectivity index (χ0n) is 15.1. The van der Waals surface area contributed by atoms with Crippen LogP contribution >= 0.6 is 0 Å². The predicted molar refractivity (Wildman–Crippen MR) is 97.0 cm³/mol. The third-order valence-corrected chi connectivity index (χ3v) is 5.27. The van der Waals surface area contributed by atoms with Gasteiger partial charge in [0, 0.05) is 49.1 Å². The Bertz CT molecular complexity index is 721. The molecule has 1 N–H and O–H groups in total. The van der Waals surface area contributed by atoms with E-state index in [-0.39, 0.29) is 11.7 Å². The van der Waals surface area contributed by atoms with Crippen molar-refractivity contribution in [1.82, 2.24) is 20.0 Å². The molecule has 3 rings (SSSR count). The number of halogens is 1. The van der Waals surface area contributed by atoms with Gasteiger partial charge in [-0.25, -0.2) is 4.39 Å². The summed E-state index contributed by atoms with van der Waals surface area (Å²) >= 11 is 0. The normalized spacial score (nSPS) is 16.4. The second-order valence-corrected chi connectivity index (χ2v) is 6.74. The quantitative estimate of drug-likeness (QED) is 0.874.